The predicted molar refractivity (Wildman–Crippen MR) is 107 cm³/mol. The first-order chi connectivity index (χ1) is 13.2. The molecule has 0 unspecified atom stereocenters. The minimum Gasteiger partial charge on any atom is -0.497 e. The van der Waals surface area contributed by atoms with Gasteiger partial charge in [-0.15, -0.1) is 0 Å². The number of carbonyl (C=O) groups excluding carboxylic acids is 1. The fourth-order valence-corrected chi connectivity index (χ4v) is 2.79. The average Bonchev–Trinajstić information content (AvgIpc) is 2.72. The molecule has 0 aliphatic rings. The molecule has 5 heteroatoms. The Balaban J connectivity index is 1.76. The lowest BCUT2D eigenvalue weighted by Crippen LogP contribution is -2.31. The van der Waals surface area contributed by atoms with Gasteiger partial charge in [-0.25, -0.2) is 0 Å². The highest BCUT2D eigenvalue weighted by Crippen LogP contribution is 2.22. The Morgan fingerprint density at radius 3 is 2.56 bits per heavy atom. The zero-order valence-electron chi connectivity index (χ0n) is 15.6. The van der Waals surface area contributed by atoms with Crippen LogP contribution in [0.4, 0.5) is 11.4 Å². The Bertz CT molecular complexity index is 897. The third kappa shape index (κ3) is 4.85. The molecule has 0 atom stereocenters. The summed E-state index contributed by atoms with van der Waals surface area (Å²) in [6.45, 7) is 3.15. The van der Waals surface area contributed by atoms with E-state index < -0.39 is 0 Å². The van der Waals surface area contributed by atoms with E-state index in [0.29, 0.717) is 18.8 Å². The van der Waals surface area contributed by atoms with Crippen molar-refractivity contribution in [3.63, 3.8) is 0 Å². The molecule has 0 radical (unpaired) electrons. The monoisotopic (exact) mass is 361 g/mol. The second kappa shape index (κ2) is 8.85. The lowest BCUT2D eigenvalue weighted by molar-refractivity contribution is 0.0746. The summed E-state index contributed by atoms with van der Waals surface area (Å²) in [6.07, 6.45) is 1.64. The van der Waals surface area contributed by atoms with Crippen LogP contribution in [0.5, 0.6) is 5.75 Å². The minimum atomic E-state index is -0.0874. The normalized spacial score (nSPS) is 10.3. The van der Waals surface area contributed by atoms with Gasteiger partial charge in [-0.05, 0) is 36.8 Å². The van der Waals surface area contributed by atoms with Crippen LogP contribution in [0.25, 0.3) is 0 Å². The third-order valence-electron chi connectivity index (χ3n) is 4.22. The minimum absolute atomic E-state index is 0.0874. The van der Waals surface area contributed by atoms with Crippen molar-refractivity contribution in [3.8, 4) is 5.75 Å². The van der Waals surface area contributed by atoms with Crippen molar-refractivity contribution in [3.05, 3.63) is 84.2 Å². The number of hydrogen-bond acceptors (Lipinski definition) is 4. The Kier molecular flexibility index (Phi) is 6.05. The van der Waals surface area contributed by atoms with Gasteiger partial charge >= 0.3 is 0 Å². The number of benzene rings is 2. The molecule has 0 bridgehead atoms. The highest BCUT2D eigenvalue weighted by Gasteiger charge is 2.16. The van der Waals surface area contributed by atoms with E-state index in [1.807, 2.05) is 67.6 Å². The summed E-state index contributed by atoms with van der Waals surface area (Å²) in [7, 11) is 1.63. The molecule has 1 N–H and O–H groups in total. The number of amides is 1. The van der Waals surface area contributed by atoms with Crippen molar-refractivity contribution in [2.24, 2.45) is 0 Å². The van der Waals surface area contributed by atoms with E-state index >= 15 is 0 Å². The summed E-state index contributed by atoms with van der Waals surface area (Å²) in [6, 6.07) is 21.2. The van der Waals surface area contributed by atoms with Gasteiger partial charge in [0.1, 0.15) is 11.4 Å². The number of carbonyl (C=O) groups is 1. The highest BCUT2D eigenvalue weighted by atomic mass is 16.5. The molecule has 0 aliphatic heterocycles. The van der Waals surface area contributed by atoms with Crippen LogP contribution in [-0.2, 0) is 6.54 Å². The molecule has 0 saturated carbocycles. The number of aromatic nitrogens is 1. The third-order valence-corrected chi connectivity index (χ3v) is 4.22. The van der Waals surface area contributed by atoms with Gasteiger partial charge in [0.05, 0.1) is 7.11 Å². The fourth-order valence-electron chi connectivity index (χ4n) is 2.79. The molecule has 138 valence electrons. The topological polar surface area (TPSA) is 54.5 Å². The van der Waals surface area contributed by atoms with E-state index in [2.05, 4.69) is 10.3 Å². The van der Waals surface area contributed by atoms with Crippen LogP contribution in [0, 0.1) is 0 Å². The summed E-state index contributed by atoms with van der Waals surface area (Å²) in [5.74, 6) is 0.682. The molecule has 1 aromatic heterocycles. The lowest BCUT2D eigenvalue weighted by atomic mass is 10.2. The molecule has 3 rings (SSSR count). The second-order valence-electron chi connectivity index (χ2n) is 6.09. The quantitative estimate of drug-likeness (QED) is 0.673. The Labute approximate surface area is 159 Å². The van der Waals surface area contributed by atoms with E-state index in [9.17, 15) is 4.79 Å². The van der Waals surface area contributed by atoms with E-state index in [-0.39, 0.29) is 5.91 Å². The van der Waals surface area contributed by atoms with Crippen LogP contribution in [-0.4, -0.2) is 29.4 Å². The van der Waals surface area contributed by atoms with E-state index in [4.69, 9.17) is 4.74 Å². The summed E-state index contributed by atoms with van der Waals surface area (Å²) in [5.41, 5.74) is 3.20. The van der Waals surface area contributed by atoms with Gasteiger partial charge in [-0.1, -0.05) is 36.4 Å². The van der Waals surface area contributed by atoms with Gasteiger partial charge in [0.2, 0.25) is 0 Å². The smallest absolute Gasteiger partial charge is 0.272 e. The molecular weight excluding hydrogens is 338 g/mol. The molecule has 2 aromatic carbocycles. The van der Waals surface area contributed by atoms with Crippen LogP contribution in [0.2, 0.25) is 0 Å². The Morgan fingerprint density at radius 2 is 1.81 bits per heavy atom. The predicted octanol–water partition coefficient (Wildman–Crippen LogP) is 4.50. The molecule has 1 amide bonds. The molecule has 0 saturated heterocycles. The standard InChI is InChI=1S/C22H23N3O2/c1-3-25(16-17-8-5-4-6-9-17)22(26)21-15-19(12-13-23-21)24-18-10-7-11-20(14-18)27-2/h4-15H,3,16H2,1-2H3,(H,23,24). The van der Waals surface area contributed by atoms with Gasteiger partial charge in [0.15, 0.2) is 0 Å². The number of ether oxygens (including phenoxy) is 1. The van der Waals surface area contributed by atoms with Crippen molar-refractivity contribution in [2.45, 2.75) is 13.5 Å². The fraction of sp³-hybridized carbons (Fsp3) is 0.182. The average molecular weight is 361 g/mol. The van der Waals surface area contributed by atoms with Crippen molar-refractivity contribution in [2.75, 3.05) is 19.0 Å². The Morgan fingerprint density at radius 1 is 1.04 bits per heavy atom. The van der Waals surface area contributed by atoms with Gasteiger partial charge in [-0.2, -0.15) is 0 Å². The maximum Gasteiger partial charge on any atom is 0.272 e. The number of anilines is 2. The summed E-state index contributed by atoms with van der Waals surface area (Å²) < 4.78 is 5.24. The largest absolute Gasteiger partial charge is 0.497 e. The number of nitrogens with zero attached hydrogens (tertiary/aromatic N) is 2. The van der Waals surface area contributed by atoms with Gasteiger partial charge in [0, 0.05) is 36.7 Å². The second-order valence-corrected chi connectivity index (χ2v) is 6.09. The first-order valence-corrected chi connectivity index (χ1v) is 8.90. The van der Waals surface area contributed by atoms with E-state index in [1.165, 1.54) is 0 Å². The highest BCUT2D eigenvalue weighted by molar-refractivity contribution is 5.93. The van der Waals surface area contributed by atoms with Gasteiger partial charge in [-0.3, -0.25) is 9.78 Å². The van der Waals surface area contributed by atoms with Crippen LogP contribution in [0.1, 0.15) is 23.0 Å². The van der Waals surface area contributed by atoms with E-state index in [0.717, 1.165) is 22.7 Å². The van der Waals surface area contributed by atoms with Gasteiger partial charge in [0.25, 0.3) is 5.91 Å². The maximum absolute atomic E-state index is 12.9. The number of pyridine rings is 1. The van der Waals surface area contributed by atoms with Crippen LogP contribution in [0.3, 0.4) is 0 Å². The van der Waals surface area contributed by atoms with E-state index in [1.54, 1.807) is 24.3 Å². The zero-order valence-corrected chi connectivity index (χ0v) is 15.6. The first kappa shape index (κ1) is 18.5. The molecular formula is C22H23N3O2. The lowest BCUT2D eigenvalue weighted by Gasteiger charge is -2.21. The summed E-state index contributed by atoms with van der Waals surface area (Å²) >= 11 is 0. The van der Waals surface area contributed by atoms with Crippen molar-refractivity contribution in [1.29, 1.82) is 0 Å². The molecule has 0 spiro atoms. The summed E-state index contributed by atoms with van der Waals surface area (Å²) in [5, 5.41) is 3.29. The van der Waals surface area contributed by atoms with Crippen molar-refractivity contribution >= 4 is 17.3 Å². The SMILES string of the molecule is CCN(Cc1ccccc1)C(=O)c1cc(Nc2cccc(OC)c2)ccn1. The number of nitrogens with one attached hydrogen (secondary N) is 1. The molecule has 3 aromatic rings. The molecule has 0 fully saturated rings. The first-order valence-electron chi connectivity index (χ1n) is 8.90. The van der Waals surface area contributed by atoms with Crippen molar-refractivity contribution < 1.29 is 9.53 Å². The number of hydrogen-bond donors (Lipinski definition) is 1. The van der Waals surface area contributed by atoms with Crippen molar-refractivity contribution in [1.82, 2.24) is 9.88 Å². The molecule has 5 nitrogen and oxygen atoms in total. The zero-order chi connectivity index (χ0) is 19.1. The molecule has 0 aliphatic carbocycles. The summed E-state index contributed by atoms with van der Waals surface area (Å²) in [4.78, 5) is 19.0. The number of methoxy groups -OCH3 is 1. The van der Waals surface area contributed by atoms with Gasteiger partial charge < -0.3 is 15.0 Å². The molecule has 1 heterocycles. The van der Waals surface area contributed by atoms with Crippen LogP contribution < -0.4 is 10.1 Å². The Hall–Kier alpha value is -3.34. The molecule has 27 heavy (non-hydrogen) atoms. The van der Waals surface area contributed by atoms with Crippen LogP contribution in [0.15, 0.2) is 72.9 Å². The number of rotatable bonds is 7. The maximum atomic E-state index is 12.9. The van der Waals surface area contributed by atoms with Crippen LogP contribution >= 0.6 is 0 Å².